The van der Waals surface area contributed by atoms with Crippen LogP contribution in [0.2, 0.25) is 0 Å². The van der Waals surface area contributed by atoms with Gasteiger partial charge in [-0.15, -0.1) is 0 Å². The number of hydrogen-bond acceptors (Lipinski definition) is 3. The van der Waals surface area contributed by atoms with Crippen molar-refractivity contribution in [1.82, 2.24) is 5.32 Å². The third kappa shape index (κ3) is 2.46. The Morgan fingerprint density at radius 3 is 3.09 bits per heavy atom. The van der Waals surface area contributed by atoms with Crippen LogP contribution in [-0.2, 0) is 9.53 Å². The highest BCUT2D eigenvalue weighted by atomic mass is 19.1. The summed E-state index contributed by atoms with van der Waals surface area (Å²) >= 11 is 0. The van der Waals surface area contributed by atoms with E-state index in [9.17, 15) is 9.18 Å². The minimum atomic E-state index is -0.599. The molecule has 1 heterocycles. The first-order valence-electron chi connectivity index (χ1n) is 3.80. The molecule has 3 nitrogen and oxygen atoms in total. The van der Waals surface area contributed by atoms with Crippen molar-refractivity contribution in [3.8, 4) is 0 Å². The van der Waals surface area contributed by atoms with Crippen molar-refractivity contribution in [3.05, 3.63) is 0 Å². The van der Waals surface area contributed by atoms with Gasteiger partial charge in [-0.1, -0.05) is 0 Å². The predicted octanol–water partition coefficient (Wildman–Crippen LogP) is 0.251. The first kappa shape index (κ1) is 8.46. The summed E-state index contributed by atoms with van der Waals surface area (Å²) in [7, 11) is 0. The zero-order valence-corrected chi connectivity index (χ0v) is 6.31. The van der Waals surface area contributed by atoms with Gasteiger partial charge in [0, 0.05) is 0 Å². The summed E-state index contributed by atoms with van der Waals surface area (Å²) < 4.78 is 16.1. The van der Waals surface area contributed by atoms with Gasteiger partial charge in [-0.2, -0.15) is 0 Å². The third-order valence-electron chi connectivity index (χ3n) is 1.67. The zero-order valence-electron chi connectivity index (χ0n) is 6.31. The van der Waals surface area contributed by atoms with Crippen LogP contribution in [0.25, 0.3) is 0 Å². The second kappa shape index (κ2) is 4.28. The maximum absolute atomic E-state index is 11.5. The molecule has 0 aromatic heterocycles. The molecule has 0 aromatic rings. The molecule has 64 valence electrons. The SMILES string of the molecule is O=C(OCCF)C1CCCN1. The van der Waals surface area contributed by atoms with E-state index >= 15 is 0 Å². The predicted molar refractivity (Wildman–Crippen MR) is 38.0 cm³/mol. The molecule has 1 fully saturated rings. The van der Waals surface area contributed by atoms with Gasteiger partial charge in [0.1, 0.15) is 19.3 Å². The van der Waals surface area contributed by atoms with E-state index in [0.717, 1.165) is 19.4 Å². The van der Waals surface area contributed by atoms with Crippen LogP contribution in [0, 0.1) is 0 Å². The summed E-state index contributed by atoms with van der Waals surface area (Å²) in [6.07, 6.45) is 1.81. The highest BCUT2D eigenvalue weighted by molar-refractivity contribution is 5.76. The van der Waals surface area contributed by atoms with Gasteiger partial charge in [-0.3, -0.25) is 4.79 Å². The summed E-state index contributed by atoms with van der Waals surface area (Å²) in [5.74, 6) is -0.319. The first-order chi connectivity index (χ1) is 5.34. The van der Waals surface area contributed by atoms with Gasteiger partial charge in [0.15, 0.2) is 0 Å². The van der Waals surface area contributed by atoms with Gasteiger partial charge in [0.25, 0.3) is 0 Å². The van der Waals surface area contributed by atoms with Crippen molar-refractivity contribution in [1.29, 1.82) is 0 Å². The maximum atomic E-state index is 11.5. The maximum Gasteiger partial charge on any atom is 0.323 e. The van der Waals surface area contributed by atoms with Crippen LogP contribution in [0.1, 0.15) is 12.8 Å². The van der Waals surface area contributed by atoms with Gasteiger partial charge < -0.3 is 10.1 Å². The Morgan fingerprint density at radius 1 is 1.73 bits per heavy atom. The van der Waals surface area contributed by atoms with E-state index in [1.54, 1.807) is 0 Å². The lowest BCUT2D eigenvalue weighted by molar-refractivity contribution is -0.146. The van der Waals surface area contributed by atoms with E-state index in [1.165, 1.54) is 0 Å². The molecular weight excluding hydrogens is 149 g/mol. The Hall–Kier alpha value is -0.640. The first-order valence-corrected chi connectivity index (χ1v) is 3.80. The molecule has 1 N–H and O–H groups in total. The minimum Gasteiger partial charge on any atom is -0.462 e. The second-order valence-electron chi connectivity index (χ2n) is 2.51. The summed E-state index contributed by atoms with van der Waals surface area (Å²) in [4.78, 5) is 11.0. The molecule has 1 atom stereocenters. The van der Waals surface area contributed by atoms with E-state index in [1.807, 2.05) is 0 Å². The molecule has 1 aliphatic heterocycles. The highest BCUT2D eigenvalue weighted by Crippen LogP contribution is 2.05. The fourth-order valence-electron chi connectivity index (χ4n) is 1.13. The number of ether oxygens (including phenoxy) is 1. The molecule has 1 saturated heterocycles. The fraction of sp³-hybridized carbons (Fsp3) is 0.857. The van der Waals surface area contributed by atoms with Crippen LogP contribution in [0.3, 0.4) is 0 Å². The second-order valence-corrected chi connectivity index (χ2v) is 2.51. The van der Waals surface area contributed by atoms with Crippen LogP contribution in [0.15, 0.2) is 0 Å². The van der Waals surface area contributed by atoms with E-state index in [-0.39, 0.29) is 18.6 Å². The minimum absolute atomic E-state index is 0.114. The molecule has 0 spiro atoms. The molecule has 11 heavy (non-hydrogen) atoms. The lowest BCUT2D eigenvalue weighted by Crippen LogP contribution is -2.32. The summed E-state index contributed by atoms with van der Waals surface area (Å²) in [6.45, 7) is 0.144. The van der Waals surface area contributed by atoms with E-state index in [4.69, 9.17) is 0 Å². The average Bonchev–Trinajstić information content (AvgIpc) is 2.52. The summed E-state index contributed by atoms with van der Waals surface area (Å²) in [5, 5.41) is 2.97. The van der Waals surface area contributed by atoms with Crippen molar-refractivity contribution in [2.24, 2.45) is 0 Å². The monoisotopic (exact) mass is 161 g/mol. The Kier molecular flexibility index (Phi) is 3.29. The van der Waals surface area contributed by atoms with Crippen molar-refractivity contribution >= 4 is 5.97 Å². The van der Waals surface area contributed by atoms with Crippen LogP contribution in [-0.4, -0.2) is 31.8 Å². The number of carbonyl (C=O) groups excluding carboxylic acids is 1. The third-order valence-corrected chi connectivity index (χ3v) is 1.67. The van der Waals surface area contributed by atoms with E-state index in [2.05, 4.69) is 10.1 Å². The highest BCUT2D eigenvalue weighted by Gasteiger charge is 2.22. The Labute approximate surface area is 64.9 Å². The summed E-state index contributed by atoms with van der Waals surface area (Å²) in [6, 6.07) is -0.193. The lowest BCUT2D eigenvalue weighted by atomic mass is 10.2. The quantitative estimate of drug-likeness (QED) is 0.603. The fourth-order valence-corrected chi connectivity index (χ4v) is 1.13. The lowest BCUT2D eigenvalue weighted by Gasteiger charge is -2.07. The van der Waals surface area contributed by atoms with Crippen LogP contribution < -0.4 is 5.32 Å². The molecule has 0 amide bonds. The number of alkyl halides is 1. The van der Waals surface area contributed by atoms with Crippen LogP contribution in [0.4, 0.5) is 4.39 Å². The van der Waals surface area contributed by atoms with Crippen LogP contribution in [0.5, 0.6) is 0 Å². The largest absolute Gasteiger partial charge is 0.462 e. The molecule has 1 rings (SSSR count). The topological polar surface area (TPSA) is 38.3 Å². The van der Waals surface area contributed by atoms with Crippen LogP contribution >= 0.6 is 0 Å². The van der Waals surface area contributed by atoms with Gasteiger partial charge in [0.2, 0.25) is 0 Å². The van der Waals surface area contributed by atoms with Crippen molar-refractivity contribution in [3.63, 3.8) is 0 Å². The Balaban J connectivity index is 2.17. The number of nitrogens with one attached hydrogen (secondary N) is 1. The molecule has 0 aliphatic carbocycles. The smallest absolute Gasteiger partial charge is 0.323 e. The zero-order chi connectivity index (χ0) is 8.10. The molecule has 1 unspecified atom stereocenters. The number of rotatable bonds is 3. The molecular formula is C7H12FNO2. The van der Waals surface area contributed by atoms with Crippen molar-refractivity contribution < 1.29 is 13.9 Å². The standard InChI is InChI=1S/C7H12FNO2/c8-3-5-11-7(10)6-2-1-4-9-6/h6,9H,1-5H2. The van der Waals surface area contributed by atoms with Crippen molar-refractivity contribution in [2.45, 2.75) is 18.9 Å². The normalized spacial score (nSPS) is 23.5. The molecule has 0 aromatic carbocycles. The summed E-state index contributed by atoms with van der Waals surface area (Å²) in [5.41, 5.74) is 0. The molecule has 0 radical (unpaired) electrons. The molecule has 0 saturated carbocycles. The Bertz CT molecular complexity index is 134. The van der Waals surface area contributed by atoms with Gasteiger partial charge in [0.05, 0.1) is 0 Å². The number of hydrogen-bond donors (Lipinski definition) is 1. The van der Waals surface area contributed by atoms with Gasteiger partial charge in [-0.05, 0) is 19.4 Å². The van der Waals surface area contributed by atoms with Gasteiger partial charge >= 0.3 is 5.97 Å². The average molecular weight is 161 g/mol. The number of esters is 1. The number of carbonyl (C=O) groups is 1. The van der Waals surface area contributed by atoms with Gasteiger partial charge in [-0.25, -0.2) is 4.39 Å². The van der Waals surface area contributed by atoms with Crippen molar-refractivity contribution in [2.75, 3.05) is 19.8 Å². The molecule has 4 heteroatoms. The molecule has 1 aliphatic rings. The number of halogens is 1. The Morgan fingerprint density at radius 2 is 2.55 bits per heavy atom. The molecule has 0 bridgehead atoms. The van der Waals surface area contributed by atoms with E-state index < -0.39 is 6.67 Å². The van der Waals surface area contributed by atoms with E-state index in [0.29, 0.717) is 0 Å².